The highest BCUT2D eigenvalue weighted by Crippen LogP contribution is 2.43. The van der Waals surface area contributed by atoms with Crippen LogP contribution in [0.25, 0.3) is 22.2 Å². The Morgan fingerprint density at radius 2 is 1.76 bits per heavy atom. The summed E-state index contributed by atoms with van der Waals surface area (Å²) in [5, 5.41) is 22.1. The maximum Gasteiger partial charge on any atom is 0.434 e. The predicted octanol–water partition coefficient (Wildman–Crippen LogP) is 7.95. The van der Waals surface area contributed by atoms with Gasteiger partial charge in [0.25, 0.3) is 0 Å². The number of aliphatic hydroxyl groups is 1. The lowest BCUT2D eigenvalue weighted by Gasteiger charge is -2.40. The minimum atomic E-state index is -0.810. The molecule has 0 bridgehead atoms. The molecular formula is C40H47ClFN7O5. The summed E-state index contributed by atoms with van der Waals surface area (Å²) in [5.41, 5.74) is 2.55. The number of fused-ring (bicyclic) bond motifs is 1. The van der Waals surface area contributed by atoms with E-state index in [0.29, 0.717) is 52.3 Å². The van der Waals surface area contributed by atoms with Crippen LogP contribution >= 0.6 is 11.6 Å². The number of nitrogens with one attached hydrogen (secondary N) is 2. The number of aliphatic hydroxyl groups excluding tert-OH is 1. The van der Waals surface area contributed by atoms with Crippen molar-refractivity contribution in [1.29, 1.82) is 5.41 Å². The molecule has 2 amide bonds. The lowest BCUT2D eigenvalue weighted by atomic mass is 9.88. The summed E-state index contributed by atoms with van der Waals surface area (Å²) in [5.74, 6) is -1.21. The maximum absolute atomic E-state index is 14.8. The van der Waals surface area contributed by atoms with E-state index in [2.05, 4.69) is 15.3 Å². The molecule has 0 radical (unpaired) electrons. The third-order valence-corrected chi connectivity index (χ3v) is 8.91. The van der Waals surface area contributed by atoms with Crippen LogP contribution < -0.4 is 10.2 Å². The largest absolute Gasteiger partial charge is 0.444 e. The van der Waals surface area contributed by atoms with Gasteiger partial charge < -0.3 is 30.2 Å². The number of benzene rings is 1. The molecule has 54 heavy (non-hydrogen) atoms. The Morgan fingerprint density at radius 1 is 1.06 bits per heavy atom. The average molecular weight is 760 g/mol. The highest BCUT2D eigenvalue weighted by Gasteiger charge is 2.34. The van der Waals surface area contributed by atoms with Crippen molar-refractivity contribution < 1.29 is 28.6 Å². The summed E-state index contributed by atoms with van der Waals surface area (Å²) in [6.45, 7) is 14.5. The van der Waals surface area contributed by atoms with Gasteiger partial charge in [0.1, 0.15) is 17.0 Å². The zero-order valence-electron chi connectivity index (χ0n) is 31.8. The second-order valence-corrected chi connectivity index (χ2v) is 16.0. The van der Waals surface area contributed by atoms with E-state index >= 15 is 0 Å². The number of aliphatic imine (C=N–C) groups is 1. The first kappa shape index (κ1) is 40.2. The summed E-state index contributed by atoms with van der Waals surface area (Å²) < 4.78 is 25.7. The van der Waals surface area contributed by atoms with Gasteiger partial charge in [-0.25, -0.2) is 19.0 Å². The summed E-state index contributed by atoms with van der Waals surface area (Å²) >= 11 is 7.19. The molecule has 3 aromatic heterocycles. The number of alkyl carbamates (subject to hydrolysis) is 1. The van der Waals surface area contributed by atoms with Crippen LogP contribution in [0.3, 0.4) is 0 Å². The first-order valence-electron chi connectivity index (χ1n) is 17.7. The number of hydrogen-bond donors (Lipinski definition) is 3. The fraction of sp³-hybridized carbons (Fsp3) is 0.425. The van der Waals surface area contributed by atoms with E-state index in [-0.39, 0.29) is 17.8 Å². The molecule has 5 rings (SSSR count). The lowest BCUT2D eigenvalue weighted by molar-refractivity contribution is 0.0505. The van der Waals surface area contributed by atoms with Crippen LogP contribution in [0.5, 0.6) is 0 Å². The molecule has 1 aliphatic rings. The van der Waals surface area contributed by atoms with Crippen molar-refractivity contribution in [2.45, 2.75) is 96.5 Å². The van der Waals surface area contributed by atoms with Gasteiger partial charge in [0.15, 0.2) is 0 Å². The molecule has 1 aliphatic heterocycles. The Labute approximate surface area is 319 Å². The second kappa shape index (κ2) is 16.2. The molecule has 0 spiro atoms. The summed E-state index contributed by atoms with van der Waals surface area (Å²) in [6, 6.07) is 12.6. The highest BCUT2D eigenvalue weighted by atomic mass is 35.5. The van der Waals surface area contributed by atoms with Crippen LogP contribution in [0.2, 0.25) is 0 Å². The van der Waals surface area contributed by atoms with Crippen molar-refractivity contribution in [3.05, 3.63) is 83.7 Å². The average Bonchev–Trinajstić information content (AvgIpc) is 3.05. The second-order valence-electron chi connectivity index (χ2n) is 15.4. The van der Waals surface area contributed by atoms with E-state index in [1.165, 1.54) is 12.1 Å². The van der Waals surface area contributed by atoms with Crippen molar-refractivity contribution in [1.82, 2.24) is 20.3 Å². The van der Waals surface area contributed by atoms with Crippen molar-refractivity contribution in [3.8, 4) is 11.3 Å². The molecular weight excluding hydrogens is 713 g/mol. The fourth-order valence-electron chi connectivity index (χ4n) is 6.18. The number of carbonyl (C=O) groups is 2. The molecule has 1 fully saturated rings. The van der Waals surface area contributed by atoms with Crippen molar-refractivity contribution in [3.63, 3.8) is 0 Å². The first-order chi connectivity index (χ1) is 25.3. The zero-order valence-corrected chi connectivity index (χ0v) is 32.5. The Kier molecular flexibility index (Phi) is 12.0. The molecule has 3 atom stereocenters. The Bertz CT molecular complexity index is 2060. The van der Waals surface area contributed by atoms with E-state index in [0.717, 1.165) is 5.56 Å². The van der Waals surface area contributed by atoms with Crippen molar-refractivity contribution >= 4 is 51.8 Å². The van der Waals surface area contributed by atoms with Gasteiger partial charge >= 0.3 is 12.2 Å². The molecule has 286 valence electrons. The number of aromatic nitrogens is 3. The molecule has 3 unspecified atom stereocenters. The number of hydrogen-bond acceptors (Lipinski definition) is 10. The Balaban J connectivity index is 1.58. The number of rotatable bonds is 10. The van der Waals surface area contributed by atoms with E-state index in [1.54, 1.807) is 92.0 Å². The molecule has 14 heteroatoms. The van der Waals surface area contributed by atoms with Crippen LogP contribution in [-0.4, -0.2) is 79.4 Å². The first-order valence-corrected chi connectivity index (χ1v) is 18.2. The van der Waals surface area contributed by atoms with Gasteiger partial charge in [-0.3, -0.25) is 9.97 Å². The van der Waals surface area contributed by atoms with Crippen LogP contribution in [0.4, 0.5) is 19.7 Å². The molecule has 12 nitrogen and oxygen atoms in total. The number of nitrogens with zero attached hydrogens (tertiary/aromatic N) is 5. The standard InChI is InChI=1S/C40H47ClFN7O5/c1-22(46-37(51)53-39(3,4)5)34(43)32(30-11-9-10-15-44-30)28(41)17-24-14-16-45-31(18-24)33-35(23(2)47-38(52)54-40(6,7)8)48-29-13-12-25(42)19-27(29)36(33)49-20-26(50)21-49/h9-16,18-19,23,26,28,32,43,50H,17,20-21H2,1-8H3,(H,47,52). The molecule has 1 aromatic carbocycles. The number of alkyl halides is 1. The van der Waals surface area contributed by atoms with E-state index in [4.69, 9.17) is 36.5 Å². The van der Waals surface area contributed by atoms with Gasteiger partial charge in [-0.2, -0.15) is 4.99 Å². The lowest BCUT2D eigenvalue weighted by Crippen LogP contribution is -2.51. The van der Waals surface area contributed by atoms with Crippen molar-refractivity contribution in [2.75, 3.05) is 18.0 Å². The molecule has 0 aliphatic carbocycles. The van der Waals surface area contributed by atoms with E-state index < -0.39 is 52.6 Å². The number of ether oxygens (including phenoxy) is 2. The predicted molar refractivity (Wildman–Crippen MR) is 208 cm³/mol. The summed E-state index contributed by atoms with van der Waals surface area (Å²) in [4.78, 5) is 45.7. The van der Waals surface area contributed by atoms with E-state index in [1.807, 2.05) is 17.0 Å². The number of amides is 2. The SMILES string of the molecule is CC(=NC(=O)OC(C)(C)C)C(=N)C(c1ccccn1)C(Cl)Cc1ccnc(-c2c(C(C)NC(=O)OC(C)(C)C)nc3ccc(F)cc3c2N2CC(O)C2)c1. The monoisotopic (exact) mass is 759 g/mol. The highest BCUT2D eigenvalue weighted by molar-refractivity contribution is 6.44. The third-order valence-electron chi connectivity index (χ3n) is 8.50. The van der Waals surface area contributed by atoms with Gasteiger partial charge in [-0.05, 0) is 110 Å². The van der Waals surface area contributed by atoms with Gasteiger partial charge in [0, 0.05) is 36.4 Å². The Morgan fingerprint density at radius 3 is 2.39 bits per heavy atom. The number of carbonyl (C=O) groups excluding carboxylic acids is 2. The van der Waals surface area contributed by atoms with Crippen LogP contribution in [0.1, 0.15) is 84.3 Å². The quantitative estimate of drug-likeness (QED) is 0.108. The normalized spacial score (nSPS) is 15.6. The van der Waals surface area contributed by atoms with Crippen LogP contribution in [0, 0.1) is 11.2 Å². The topological polar surface area (TPSA) is 163 Å². The molecule has 4 heterocycles. The minimum absolute atomic E-state index is 0.0116. The van der Waals surface area contributed by atoms with Crippen LogP contribution in [-0.2, 0) is 15.9 Å². The molecule has 0 saturated carbocycles. The van der Waals surface area contributed by atoms with Gasteiger partial charge in [0.05, 0.1) is 63.2 Å². The Hall–Kier alpha value is -5.01. The maximum atomic E-state index is 14.8. The molecule has 3 N–H and O–H groups in total. The van der Waals surface area contributed by atoms with Gasteiger partial charge in [0.2, 0.25) is 0 Å². The van der Waals surface area contributed by atoms with Crippen LogP contribution in [0.15, 0.2) is 65.9 Å². The summed E-state index contributed by atoms with van der Waals surface area (Å²) in [7, 11) is 0. The van der Waals surface area contributed by atoms with Gasteiger partial charge in [-0.15, -0.1) is 11.6 Å². The number of pyridine rings is 3. The third kappa shape index (κ3) is 9.94. The van der Waals surface area contributed by atoms with Crippen molar-refractivity contribution in [2.24, 2.45) is 4.99 Å². The minimum Gasteiger partial charge on any atom is -0.444 e. The van der Waals surface area contributed by atoms with E-state index in [9.17, 15) is 19.1 Å². The summed E-state index contributed by atoms with van der Waals surface area (Å²) in [6.07, 6.45) is 1.47. The number of β-amino-alcohol motifs (C(OH)–C–C–N with tert-alkyl or cyclic N) is 1. The van der Waals surface area contributed by atoms with Gasteiger partial charge in [-0.1, -0.05) is 6.07 Å². The smallest absolute Gasteiger partial charge is 0.434 e. The number of halogens is 2. The number of anilines is 1. The zero-order chi connectivity index (χ0) is 39.5. The molecule has 4 aromatic rings. The fourth-order valence-corrected chi connectivity index (χ4v) is 6.62. The molecule has 1 saturated heterocycles.